The number of hydrogen-bond acceptors (Lipinski definition) is 3. The summed E-state index contributed by atoms with van der Waals surface area (Å²) in [5.74, 6) is -4.53. The van der Waals surface area contributed by atoms with Crippen molar-refractivity contribution in [3.63, 3.8) is 0 Å². The van der Waals surface area contributed by atoms with Gasteiger partial charge >= 0.3 is 5.97 Å². The van der Waals surface area contributed by atoms with Crippen molar-refractivity contribution in [2.24, 2.45) is 5.92 Å². The Bertz CT molecular complexity index is 1300. The monoisotopic (exact) mass is 527 g/mol. The first-order valence-corrected chi connectivity index (χ1v) is 12.4. The predicted octanol–water partition coefficient (Wildman–Crippen LogP) is 6.83. The molecule has 0 heterocycles. The minimum atomic E-state index is -1.34. The van der Waals surface area contributed by atoms with Crippen molar-refractivity contribution in [2.75, 3.05) is 0 Å². The van der Waals surface area contributed by atoms with E-state index in [0.717, 1.165) is 22.8 Å². The molecule has 3 aromatic carbocycles. The summed E-state index contributed by atoms with van der Waals surface area (Å²) >= 11 is 0. The van der Waals surface area contributed by atoms with Gasteiger partial charge in [0.05, 0.1) is 11.6 Å². The minimum absolute atomic E-state index is 0.101. The molecule has 0 spiro atoms. The first kappa shape index (κ1) is 28.8. The smallest absolute Gasteiger partial charge is 0.303 e. The lowest BCUT2D eigenvalue weighted by Crippen LogP contribution is -2.30. The summed E-state index contributed by atoms with van der Waals surface area (Å²) in [5, 5.41) is 12.2. The van der Waals surface area contributed by atoms with Crippen LogP contribution in [0.5, 0.6) is 5.75 Å². The van der Waals surface area contributed by atoms with Crippen molar-refractivity contribution >= 4 is 11.9 Å². The van der Waals surface area contributed by atoms with Crippen molar-refractivity contribution in [2.45, 2.75) is 59.6 Å². The molecule has 2 N–H and O–H groups in total. The summed E-state index contributed by atoms with van der Waals surface area (Å²) in [6, 6.07) is 11.7. The van der Waals surface area contributed by atoms with Crippen LogP contribution in [0, 0.1) is 37.2 Å². The topological polar surface area (TPSA) is 75.6 Å². The lowest BCUT2D eigenvalue weighted by molar-refractivity contribution is -0.136. The minimum Gasteiger partial charge on any atom is -0.489 e. The number of carboxylic acids is 1. The summed E-state index contributed by atoms with van der Waals surface area (Å²) in [6.45, 7) is 7.49. The molecule has 0 radical (unpaired) electrons. The Morgan fingerprint density at radius 3 is 2.24 bits per heavy atom. The van der Waals surface area contributed by atoms with Gasteiger partial charge in [-0.1, -0.05) is 49.2 Å². The molecule has 3 rings (SSSR count). The zero-order chi connectivity index (χ0) is 28.0. The Labute approximate surface area is 220 Å². The van der Waals surface area contributed by atoms with Crippen LogP contribution in [-0.2, 0) is 17.8 Å². The molecular formula is C30H32F3NO4. The zero-order valence-electron chi connectivity index (χ0n) is 21.9. The second-order valence-corrected chi connectivity index (χ2v) is 9.90. The lowest BCUT2D eigenvalue weighted by Gasteiger charge is -2.23. The molecule has 0 aliphatic rings. The molecule has 0 unspecified atom stereocenters. The molecule has 5 nitrogen and oxygen atoms in total. The molecule has 0 fully saturated rings. The SMILES string of the molecule is Cc1cc(C)cc([C@@H](CC(C)C)NC(=O)c2cc(OCc3c(F)ccc(F)c3F)ccc2CCC(=O)O)c1. The fourth-order valence-corrected chi connectivity index (χ4v) is 4.37. The van der Waals surface area contributed by atoms with Crippen LogP contribution in [0.4, 0.5) is 13.2 Å². The molecule has 0 saturated heterocycles. The van der Waals surface area contributed by atoms with Crippen molar-refractivity contribution < 1.29 is 32.6 Å². The largest absolute Gasteiger partial charge is 0.489 e. The maximum atomic E-state index is 14.1. The van der Waals surface area contributed by atoms with Crippen molar-refractivity contribution in [1.82, 2.24) is 5.32 Å². The molecule has 3 aromatic rings. The second-order valence-electron chi connectivity index (χ2n) is 9.90. The summed E-state index contributed by atoms with van der Waals surface area (Å²) < 4.78 is 47.2. The molecule has 0 aliphatic heterocycles. The number of benzene rings is 3. The summed E-state index contributed by atoms with van der Waals surface area (Å²) in [5.41, 5.74) is 3.21. The van der Waals surface area contributed by atoms with Crippen LogP contribution in [0.3, 0.4) is 0 Å². The van der Waals surface area contributed by atoms with Gasteiger partial charge in [-0.25, -0.2) is 13.2 Å². The summed E-state index contributed by atoms with van der Waals surface area (Å²) in [4.78, 5) is 24.7. The Hall–Kier alpha value is -3.81. The van der Waals surface area contributed by atoms with Gasteiger partial charge in [0.1, 0.15) is 18.2 Å². The number of carbonyl (C=O) groups excluding carboxylic acids is 1. The van der Waals surface area contributed by atoms with Gasteiger partial charge < -0.3 is 15.2 Å². The highest BCUT2D eigenvalue weighted by Crippen LogP contribution is 2.27. The van der Waals surface area contributed by atoms with Crippen LogP contribution in [0.15, 0.2) is 48.5 Å². The van der Waals surface area contributed by atoms with Gasteiger partial charge in [0.25, 0.3) is 5.91 Å². The third-order valence-corrected chi connectivity index (χ3v) is 6.12. The molecular weight excluding hydrogens is 495 g/mol. The van der Waals surface area contributed by atoms with E-state index in [-0.39, 0.29) is 36.1 Å². The van der Waals surface area contributed by atoms with Crippen LogP contribution in [0.2, 0.25) is 0 Å². The predicted molar refractivity (Wildman–Crippen MR) is 139 cm³/mol. The number of rotatable bonds is 11. The Balaban J connectivity index is 1.92. The number of carboxylic acid groups (broad SMARTS) is 1. The first-order chi connectivity index (χ1) is 17.9. The molecule has 38 heavy (non-hydrogen) atoms. The van der Waals surface area contributed by atoms with Crippen molar-refractivity contribution in [1.29, 1.82) is 0 Å². The fraction of sp³-hybridized carbons (Fsp3) is 0.333. The number of nitrogens with one attached hydrogen (secondary N) is 1. The molecule has 0 bridgehead atoms. The summed E-state index contributed by atoms with van der Waals surface area (Å²) in [6.07, 6.45) is 0.587. The highest BCUT2D eigenvalue weighted by atomic mass is 19.2. The molecule has 1 atom stereocenters. The highest BCUT2D eigenvalue weighted by Gasteiger charge is 2.21. The standard InChI is InChI=1S/C30H32F3NO4/c1-17(2)11-27(21-13-18(3)12-19(4)14-21)34-30(37)23-15-22(7-5-20(23)6-10-28(35)36)38-16-24-25(31)8-9-26(32)29(24)33/h5,7-9,12-15,17,27H,6,10-11,16H2,1-4H3,(H,34,37)(H,35,36)/t27-/m1/s1. The van der Waals surface area contributed by atoms with Crippen LogP contribution in [0.25, 0.3) is 0 Å². The number of aryl methyl sites for hydroxylation is 3. The van der Waals surface area contributed by atoms with Gasteiger partial charge in [-0.3, -0.25) is 9.59 Å². The van der Waals surface area contributed by atoms with Crippen LogP contribution < -0.4 is 10.1 Å². The number of aliphatic carboxylic acids is 1. The number of halogens is 3. The number of ether oxygens (including phenoxy) is 1. The normalized spacial score (nSPS) is 11.9. The van der Waals surface area contributed by atoms with Crippen LogP contribution in [0.1, 0.15) is 70.9 Å². The molecule has 8 heteroatoms. The van der Waals surface area contributed by atoms with E-state index in [9.17, 15) is 22.8 Å². The molecule has 0 saturated carbocycles. The van der Waals surface area contributed by atoms with Crippen molar-refractivity contribution in [3.05, 3.63) is 99.4 Å². The number of carbonyl (C=O) groups is 2. The van der Waals surface area contributed by atoms with Crippen LogP contribution >= 0.6 is 0 Å². The van der Waals surface area contributed by atoms with E-state index >= 15 is 0 Å². The maximum absolute atomic E-state index is 14.1. The average molecular weight is 528 g/mol. The molecule has 0 aromatic heterocycles. The molecule has 0 aliphatic carbocycles. The third-order valence-electron chi connectivity index (χ3n) is 6.12. The number of amides is 1. The number of hydrogen-bond donors (Lipinski definition) is 2. The fourth-order valence-electron chi connectivity index (χ4n) is 4.37. The summed E-state index contributed by atoms with van der Waals surface area (Å²) in [7, 11) is 0. The van der Waals surface area contributed by atoms with Gasteiger partial charge in [0, 0.05) is 12.0 Å². The quantitative estimate of drug-likeness (QED) is 0.268. The van der Waals surface area contributed by atoms with Gasteiger partial charge in [-0.15, -0.1) is 0 Å². The van der Waals surface area contributed by atoms with Gasteiger partial charge in [0.15, 0.2) is 11.6 Å². The molecule has 1 amide bonds. The first-order valence-electron chi connectivity index (χ1n) is 12.4. The van der Waals surface area contributed by atoms with Gasteiger partial charge in [-0.05, 0) is 68.0 Å². The van der Waals surface area contributed by atoms with E-state index in [1.807, 2.05) is 32.0 Å². The van der Waals surface area contributed by atoms with Gasteiger partial charge in [-0.2, -0.15) is 0 Å². The van der Waals surface area contributed by atoms with Crippen molar-refractivity contribution in [3.8, 4) is 5.75 Å². The Morgan fingerprint density at radius 2 is 1.61 bits per heavy atom. The van der Waals surface area contributed by atoms with E-state index in [1.54, 1.807) is 6.07 Å². The average Bonchev–Trinajstić information content (AvgIpc) is 2.84. The zero-order valence-corrected chi connectivity index (χ0v) is 21.9. The van der Waals surface area contributed by atoms with Gasteiger partial charge in [0.2, 0.25) is 0 Å². The van der Waals surface area contributed by atoms with E-state index in [0.29, 0.717) is 18.1 Å². The van der Waals surface area contributed by atoms with E-state index < -0.39 is 41.5 Å². The van der Waals surface area contributed by atoms with E-state index in [1.165, 1.54) is 12.1 Å². The third kappa shape index (κ3) is 7.60. The lowest BCUT2D eigenvalue weighted by atomic mass is 9.93. The molecule has 202 valence electrons. The van der Waals surface area contributed by atoms with E-state index in [4.69, 9.17) is 9.84 Å². The Morgan fingerprint density at radius 1 is 0.947 bits per heavy atom. The maximum Gasteiger partial charge on any atom is 0.303 e. The second kappa shape index (κ2) is 12.6. The highest BCUT2D eigenvalue weighted by molar-refractivity contribution is 5.96. The Kier molecular flexibility index (Phi) is 9.55. The van der Waals surface area contributed by atoms with Crippen LogP contribution in [-0.4, -0.2) is 17.0 Å². The van der Waals surface area contributed by atoms with E-state index in [2.05, 4.69) is 19.2 Å².